The third-order valence-electron chi connectivity index (χ3n) is 3.90. The number of halogens is 4. The summed E-state index contributed by atoms with van der Waals surface area (Å²) in [4.78, 5) is 24.1. The second kappa shape index (κ2) is 11.2. The zero-order chi connectivity index (χ0) is 23.1. The fourth-order valence-corrected chi connectivity index (χ4v) is 3.33. The van der Waals surface area contributed by atoms with Crippen LogP contribution in [0.4, 0.5) is 0 Å². The number of hydrazone groups is 1. The fourth-order valence-electron chi connectivity index (χ4n) is 2.39. The van der Waals surface area contributed by atoms with Crippen LogP contribution in [0.25, 0.3) is 0 Å². The zero-order valence-electron chi connectivity index (χ0n) is 16.2. The van der Waals surface area contributed by atoms with E-state index in [1.54, 1.807) is 42.5 Å². The van der Waals surface area contributed by atoms with Crippen molar-refractivity contribution in [2.75, 3.05) is 6.61 Å². The number of nitrogens with zero attached hydrogens (tertiary/aromatic N) is 1. The van der Waals surface area contributed by atoms with Gasteiger partial charge in [-0.2, -0.15) is 5.10 Å². The van der Waals surface area contributed by atoms with Gasteiger partial charge in [0.2, 0.25) is 0 Å². The van der Waals surface area contributed by atoms with Crippen LogP contribution in [0.2, 0.25) is 20.1 Å². The predicted molar refractivity (Wildman–Crippen MR) is 126 cm³/mol. The van der Waals surface area contributed by atoms with E-state index in [-0.39, 0.29) is 17.2 Å². The fraction of sp³-hybridized carbons (Fsp3) is 0.0455. The molecule has 1 amide bonds. The molecule has 1 N–H and O–H groups in total. The van der Waals surface area contributed by atoms with Crippen LogP contribution in [0, 0.1) is 0 Å². The van der Waals surface area contributed by atoms with Crippen LogP contribution in [-0.4, -0.2) is 24.7 Å². The quantitative estimate of drug-likeness (QED) is 0.181. The smallest absolute Gasteiger partial charge is 0.345 e. The molecule has 6 nitrogen and oxygen atoms in total. The summed E-state index contributed by atoms with van der Waals surface area (Å²) in [6, 6.07) is 15.7. The van der Waals surface area contributed by atoms with Crippen LogP contribution in [-0.2, 0) is 4.79 Å². The minimum Gasteiger partial charge on any atom is -0.482 e. The van der Waals surface area contributed by atoms with Gasteiger partial charge in [-0.25, -0.2) is 10.2 Å². The Hall–Kier alpha value is -2.77. The monoisotopic (exact) mass is 510 g/mol. The van der Waals surface area contributed by atoms with Gasteiger partial charge in [-0.1, -0.05) is 46.4 Å². The first-order valence-electron chi connectivity index (χ1n) is 8.99. The predicted octanol–water partition coefficient (Wildman–Crippen LogP) is 6.05. The number of benzene rings is 3. The highest BCUT2D eigenvalue weighted by Crippen LogP contribution is 2.27. The lowest BCUT2D eigenvalue weighted by Crippen LogP contribution is -2.24. The number of carbonyl (C=O) groups excluding carboxylic acids is 2. The van der Waals surface area contributed by atoms with Crippen molar-refractivity contribution in [3.05, 3.63) is 91.9 Å². The topological polar surface area (TPSA) is 77.0 Å². The summed E-state index contributed by atoms with van der Waals surface area (Å²) < 4.78 is 10.6. The molecule has 0 fully saturated rings. The number of esters is 1. The maximum absolute atomic E-state index is 12.2. The Bertz CT molecular complexity index is 1170. The average Bonchev–Trinajstić information content (AvgIpc) is 2.74. The molecule has 0 aliphatic heterocycles. The van der Waals surface area contributed by atoms with E-state index < -0.39 is 11.9 Å². The van der Waals surface area contributed by atoms with Gasteiger partial charge in [0, 0.05) is 10.0 Å². The number of carbonyl (C=O) groups is 2. The van der Waals surface area contributed by atoms with Gasteiger partial charge >= 0.3 is 5.97 Å². The van der Waals surface area contributed by atoms with E-state index in [4.69, 9.17) is 55.9 Å². The van der Waals surface area contributed by atoms with Crippen LogP contribution < -0.4 is 14.9 Å². The van der Waals surface area contributed by atoms with Crippen molar-refractivity contribution in [2.24, 2.45) is 5.10 Å². The van der Waals surface area contributed by atoms with Crippen molar-refractivity contribution >= 4 is 64.5 Å². The first-order chi connectivity index (χ1) is 15.3. The molecule has 0 aliphatic rings. The van der Waals surface area contributed by atoms with E-state index in [2.05, 4.69) is 10.5 Å². The van der Waals surface area contributed by atoms with E-state index in [1.165, 1.54) is 24.4 Å². The summed E-state index contributed by atoms with van der Waals surface area (Å²) in [6.07, 6.45) is 1.43. The van der Waals surface area contributed by atoms with Crippen molar-refractivity contribution in [2.45, 2.75) is 0 Å². The van der Waals surface area contributed by atoms with Crippen molar-refractivity contribution in [1.29, 1.82) is 0 Å². The lowest BCUT2D eigenvalue weighted by molar-refractivity contribution is -0.123. The van der Waals surface area contributed by atoms with E-state index in [9.17, 15) is 9.59 Å². The molecule has 0 unspecified atom stereocenters. The highest BCUT2D eigenvalue weighted by atomic mass is 35.5. The summed E-state index contributed by atoms with van der Waals surface area (Å²) in [7, 11) is 0. The Balaban J connectivity index is 1.49. The van der Waals surface area contributed by atoms with E-state index >= 15 is 0 Å². The first-order valence-corrected chi connectivity index (χ1v) is 10.5. The van der Waals surface area contributed by atoms with Gasteiger partial charge < -0.3 is 9.47 Å². The molecular formula is C22H14Cl4N2O4. The summed E-state index contributed by atoms with van der Waals surface area (Å²) in [5, 5.41) is 5.23. The number of amides is 1. The van der Waals surface area contributed by atoms with Gasteiger partial charge in [0.15, 0.2) is 6.61 Å². The third kappa shape index (κ3) is 6.87. The number of nitrogens with one attached hydrogen (secondary N) is 1. The first kappa shape index (κ1) is 23.9. The Morgan fingerprint density at radius 3 is 2.19 bits per heavy atom. The minimum atomic E-state index is -0.610. The molecule has 32 heavy (non-hydrogen) atoms. The third-order valence-corrected chi connectivity index (χ3v) is 4.98. The molecule has 0 heterocycles. The van der Waals surface area contributed by atoms with Gasteiger partial charge in [-0.05, 0) is 66.2 Å². The van der Waals surface area contributed by atoms with Crippen LogP contribution in [0.1, 0.15) is 15.9 Å². The van der Waals surface area contributed by atoms with E-state index in [0.29, 0.717) is 32.1 Å². The van der Waals surface area contributed by atoms with E-state index in [0.717, 1.165) is 0 Å². The minimum absolute atomic E-state index is 0.198. The molecule has 3 aromatic carbocycles. The molecular weight excluding hydrogens is 498 g/mol. The Labute approximate surface area is 203 Å². The van der Waals surface area contributed by atoms with Crippen molar-refractivity contribution < 1.29 is 19.1 Å². The highest BCUT2D eigenvalue weighted by molar-refractivity contribution is 6.36. The maximum atomic E-state index is 12.2. The van der Waals surface area contributed by atoms with Gasteiger partial charge in [0.25, 0.3) is 5.91 Å². The van der Waals surface area contributed by atoms with Gasteiger partial charge in [-0.15, -0.1) is 0 Å². The molecule has 0 atom stereocenters. The molecule has 0 bridgehead atoms. The molecule has 0 radical (unpaired) electrons. The molecule has 3 rings (SSSR count). The summed E-state index contributed by atoms with van der Waals surface area (Å²) in [5.41, 5.74) is 3.20. The zero-order valence-corrected chi connectivity index (χ0v) is 19.2. The Morgan fingerprint density at radius 1 is 0.875 bits per heavy atom. The molecule has 3 aromatic rings. The summed E-state index contributed by atoms with van der Waals surface area (Å²) >= 11 is 23.6. The molecule has 0 aromatic heterocycles. The lowest BCUT2D eigenvalue weighted by Gasteiger charge is -2.07. The number of rotatable bonds is 7. The maximum Gasteiger partial charge on any atom is 0.345 e. The normalized spacial score (nSPS) is 10.8. The largest absolute Gasteiger partial charge is 0.482 e. The second-order valence-corrected chi connectivity index (χ2v) is 7.93. The molecule has 0 saturated carbocycles. The standard InChI is InChI=1S/C22H14Cl4N2O4/c23-14-3-7-17(18(25)9-14)22(30)32-16-5-1-13(2-6-16)11-27-28-21(29)12-31-20-8-4-15(24)10-19(20)26/h1-11H,12H2,(H,28,29). The molecule has 0 aliphatic carbocycles. The second-order valence-electron chi connectivity index (χ2n) is 6.24. The van der Waals surface area contributed by atoms with Crippen LogP contribution in [0.5, 0.6) is 11.5 Å². The van der Waals surface area contributed by atoms with Crippen molar-refractivity contribution in [1.82, 2.24) is 5.43 Å². The van der Waals surface area contributed by atoms with Gasteiger partial charge in [0.05, 0.1) is 21.8 Å². The number of hydrogen-bond donors (Lipinski definition) is 1. The van der Waals surface area contributed by atoms with Crippen LogP contribution in [0.15, 0.2) is 65.8 Å². The van der Waals surface area contributed by atoms with Crippen LogP contribution in [0.3, 0.4) is 0 Å². The molecule has 0 saturated heterocycles. The highest BCUT2D eigenvalue weighted by Gasteiger charge is 2.13. The molecule has 0 spiro atoms. The lowest BCUT2D eigenvalue weighted by atomic mass is 10.2. The average molecular weight is 512 g/mol. The molecule has 164 valence electrons. The number of ether oxygens (including phenoxy) is 2. The van der Waals surface area contributed by atoms with Gasteiger partial charge in [0.1, 0.15) is 11.5 Å². The Kier molecular flexibility index (Phi) is 8.36. The van der Waals surface area contributed by atoms with Crippen molar-refractivity contribution in [3.63, 3.8) is 0 Å². The van der Waals surface area contributed by atoms with E-state index in [1.807, 2.05) is 0 Å². The summed E-state index contributed by atoms with van der Waals surface area (Å²) in [6.45, 7) is -0.277. The SMILES string of the molecule is O=C(COc1ccc(Cl)cc1Cl)NN=Cc1ccc(OC(=O)c2ccc(Cl)cc2Cl)cc1. The number of hydrogen-bond acceptors (Lipinski definition) is 5. The summed E-state index contributed by atoms with van der Waals surface area (Å²) in [5.74, 6) is -0.436. The van der Waals surface area contributed by atoms with Crippen LogP contribution >= 0.6 is 46.4 Å². The molecule has 10 heteroatoms. The Morgan fingerprint density at radius 2 is 1.53 bits per heavy atom. The van der Waals surface area contributed by atoms with Crippen molar-refractivity contribution in [3.8, 4) is 11.5 Å². The van der Waals surface area contributed by atoms with Gasteiger partial charge in [-0.3, -0.25) is 4.79 Å².